The Hall–Kier alpha value is -4.19. The second-order valence-electron chi connectivity index (χ2n) is 7.15. The number of nitro benzene ring substituents is 1. The van der Waals surface area contributed by atoms with Crippen LogP contribution in [0.5, 0.6) is 5.75 Å². The number of hydrogen-bond acceptors (Lipinski definition) is 5. The average molecular weight is 411 g/mol. The quantitative estimate of drug-likeness (QED) is 0.227. The maximum Gasteiger partial charge on any atom is 0.269 e. The van der Waals surface area contributed by atoms with Crippen LogP contribution < -0.4 is 10.2 Å². The van der Waals surface area contributed by atoms with E-state index in [0.29, 0.717) is 12.3 Å². The van der Waals surface area contributed by atoms with Gasteiger partial charge >= 0.3 is 0 Å². The van der Waals surface area contributed by atoms with Crippen molar-refractivity contribution in [2.75, 3.05) is 5.43 Å². The molecule has 0 aromatic heterocycles. The second kappa shape index (κ2) is 9.09. The molecular weight excluding hydrogens is 390 g/mol. The van der Waals surface area contributed by atoms with Gasteiger partial charge < -0.3 is 4.74 Å². The predicted molar refractivity (Wildman–Crippen MR) is 124 cm³/mol. The van der Waals surface area contributed by atoms with Gasteiger partial charge in [-0.15, -0.1) is 0 Å². The fourth-order valence-corrected chi connectivity index (χ4v) is 3.33. The van der Waals surface area contributed by atoms with E-state index in [1.807, 2.05) is 48.5 Å². The zero-order chi connectivity index (χ0) is 21.6. The third-order valence-electron chi connectivity index (χ3n) is 4.87. The van der Waals surface area contributed by atoms with Crippen molar-refractivity contribution in [1.29, 1.82) is 0 Å². The normalized spacial score (nSPS) is 11.0. The number of hydrazone groups is 1. The minimum absolute atomic E-state index is 0.0374. The van der Waals surface area contributed by atoms with Crippen LogP contribution >= 0.6 is 0 Å². The van der Waals surface area contributed by atoms with Crippen LogP contribution in [0.2, 0.25) is 0 Å². The van der Waals surface area contributed by atoms with Crippen LogP contribution in [0.4, 0.5) is 11.4 Å². The van der Waals surface area contributed by atoms with Crippen LogP contribution in [-0.4, -0.2) is 11.1 Å². The Kier molecular flexibility index (Phi) is 5.89. The lowest BCUT2D eigenvalue weighted by molar-refractivity contribution is -0.384. The number of benzene rings is 4. The summed E-state index contributed by atoms with van der Waals surface area (Å²) < 4.78 is 6.14. The standard InChI is InChI=1S/C25H21N3O3/c1-18-5-4-6-19(15-18)17-31-25-14-9-20-7-2-3-8-23(20)24(25)16-26-27-21-10-12-22(13-11-21)28(29)30/h2-16,27H,17H2,1H3/b26-16+. The summed E-state index contributed by atoms with van der Waals surface area (Å²) >= 11 is 0. The summed E-state index contributed by atoms with van der Waals surface area (Å²) in [5.74, 6) is 0.731. The molecule has 0 saturated carbocycles. The number of nitrogens with zero attached hydrogens (tertiary/aromatic N) is 2. The summed E-state index contributed by atoms with van der Waals surface area (Å²) in [5, 5.41) is 17.3. The molecule has 4 rings (SSSR count). The van der Waals surface area contributed by atoms with Crippen LogP contribution in [-0.2, 0) is 6.61 Å². The van der Waals surface area contributed by atoms with Crippen molar-refractivity contribution in [3.8, 4) is 5.75 Å². The summed E-state index contributed by atoms with van der Waals surface area (Å²) in [4.78, 5) is 10.4. The maximum absolute atomic E-state index is 10.8. The van der Waals surface area contributed by atoms with Crippen molar-refractivity contribution in [2.24, 2.45) is 5.10 Å². The average Bonchev–Trinajstić information content (AvgIpc) is 2.78. The lowest BCUT2D eigenvalue weighted by Gasteiger charge is -2.12. The highest BCUT2D eigenvalue weighted by molar-refractivity contribution is 6.02. The van der Waals surface area contributed by atoms with Crippen molar-refractivity contribution in [1.82, 2.24) is 0 Å². The monoisotopic (exact) mass is 411 g/mol. The number of ether oxygens (including phenoxy) is 1. The first-order valence-electron chi connectivity index (χ1n) is 9.84. The zero-order valence-corrected chi connectivity index (χ0v) is 17.0. The number of fused-ring (bicyclic) bond motifs is 1. The largest absolute Gasteiger partial charge is 0.488 e. The van der Waals surface area contributed by atoms with E-state index in [4.69, 9.17) is 4.74 Å². The van der Waals surface area contributed by atoms with Gasteiger partial charge in [0.15, 0.2) is 0 Å². The predicted octanol–water partition coefficient (Wildman–Crippen LogP) is 6.08. The number of rotatable bonds is 7. The molecule has 154 valence electrons. The van der Waals surface area contributed by atoms with Crippen molar-refractivity contribution in [3.05, 3.63) is 112 Å². The molecule has 4 aromatic carbocycles. The summed E-state index contributed by atoms with van der Waals surface area (Å²) in [5.41, 5.74) is 6.77. The number of aryl methyl sites for hydroxylation is 1. The molecule has 0 amide bonds. The van der Waals surface area contributed by atoms with E-state index < -0.39 is 4.92 Å². The molecule has 0 radical (unpaired) electrons. The molecule has 0 heterocycles. The number of anilines is 1. The zero-order valence-electron chi connectivity index (χ0n) is 17.0. The number of hydrogen-bond donors (Lipinski definition) is 1. The smallest absolute Gasteiger partial charge is 0.269 e. The van der Waals surface area contributed by atoms with E-state index in [2.05, 4.69) is 29.6 Å². The van der Waals surface area contributed by atoms with Crippen LogP contribution in [0.3, 0.4) is 0 Å². The molecule has 0 aliphatic heterocycles. The van der Waals surface area contributed by atoms with E-state index in [-0.39, 0.29) is 5.69 Å². The van der Waals surface area contributed by atoms with Gasteiger partial charge in [0, 0.05) is 17.7 Å². The van der Waals surface area contributed by atoms with E-state index in [0.717, 1.165) is 27.6 Å². The summed E-state index contributed by atoms with van der Waals surface area (Å²) in [6.07, 6.45) is 1.72. The van der Waals surface area contributed by atoms with Gasteiger partial charge in [-0.05, 0) is 41.5 Å². The molecular formula is C25H21N3O3. The molecule has 0 bridgehead atoms. The lowest BCUT2D eigenvalue weighted by Crippen LogP contribution is -2.00. The molecule has 0 fully saturated rings. The minimum Gasteiger partial charge on any atom is -0.488 e. The van der Waals surface area contributed by atoms with Crippen LogP contribution in [0, 0.1) is 17.0 Å². The minimum atomic E-state index is -0.430. The summed E-state index contributed by atoms with van der Waals surface area (Å²) in [6, 6.07) is 26.4. The topological polar surface area (TPSA) is 76.8 Å². The van der Waals surface area contributed by atoms with Gasteiger partial charge in [0.25, 0.3) is 5.69 Å². The van der Waals surface area contributed by atoms with Crippen LogP contribution in [0.1, 0.15) is 16.7 Å². The molecule has 0 atom stereocenters. The Morgan fingerprint density at radius 2 is 1.81 bits per heavy atom. The van der Waals surface area contributed by atoms with Gasteiger partial charge in [0.05, 0.1) is 16.8 Å². The summed E-state index contributed by atoms with van der Waals surface area (Å²) in [6.45, 7) is 2.51. The van der Waals surface area contributed by atoms with Gasteiger partial charge in [0.2, 0.25) is 0 Å². The molecule has 0 aliphatic rings. The SMILES string of the molecule is Cc1cccc(COc2ccc3ccccc3c2/C=N/Nc2ccc([N+](=O)[O-])cc2)c1. The van der Waals surface area contributed by atoms with Gasteiger partial charge in [-0.2, -0.15) is 5.10 Å². The van der Waals surface area contributed by atoms with Crippen LogP contribution in [0.25, 0.3) is 10.8 Å². The fourth-order valence-electron chi connectivity index (χ4n) is 3.33. The second-order valence-corrected chi connectivity index (χ2v) is 7.15. The molecule has 0 aliphatic carbocycles. The third kappa shape index (κ3) is 4.87. The molecule has 1 N–H and O–H groups in total. The van der Waals surface area contributed by atoms with Gasteiger partial charge in [-0.25, -0.2) is 0 Å². The van der Waals surface area contributed by atoms with E-state index in [9.17, 15) is 10.1 Å². The van der Waals surface area contributed by atoms with Crippen molar-refractivity contribution < 1.29 is 9.66 Å². The first kappa shape index (κ1) is 20.1. The Morgan fingerprint density at radius 1 is 1.00 bits per heavy atom. The Labute approximate surface area is 180 Å². The first-order valence-corrected chi connectivity index (χ1v) is 9.84. The third-order valence-corrected chi connectivity index (χ3v) is 4.87. The Balaban J connectivity index is 1.58. The van der Waals surface area contributed by atoms with Gasteiger partial charge in [-0.3, -0.25) is 15.5 Å². The lowest BCUT2D eigenvalue weighted by atomic mass is 10.0. The van der Waals surface area contributed by atoms with Crippen molar-refractivity contribution >= 4 is 28.4 Å². The number of nitrogens with one attached hydrogen (secondary N) is 1. The highest BCUT2D eigenvalue weighted by Crippen LogP contribution is 2.27. The molecule has 0 unspecified atom stereocenters. The van der Waals surface area contributed by atoms with E-state index >= 15 is 0 Å². The number of non-ortho nitro benzene ring substituents is 1. The van der Waals surface area contributed by atoms with Gasteiger partial charge in [0.1, 0.15) is 12.4 Å². The molecule has 31 heavy (non-hydrogen) atoms. The molecule has 0 spiro atoms. The Morgan fingerprint density at radius 3 is 2.58 bits per heavy atom. The van der Waals surface area contributed by atoms with E-state index in [1.54, 1.807) is 18.3 Å². The maximum atomic E-state index is 10.8. The van der Waals surface area contributed by atoms with Crippen molar-refractivity contribution in [2.45, 2.75) is 13.5 Å². The fraction of sp³-hybridized carbons (Fsp3) is 0.0800. The molecule has 6 heteroatoms. The number of nitro groups is 1. The highest BCUT2D eigenvalue weighted by Gasteiger charge is 2.08. The Bertz CT molecular complexity index is 1250. The summed E-state index contributed by atoms with van der Waals surface area (Å²) in [7, 11) is 0. The molecule has 6 nitrogen and oxygen atoms in total. The van der Waals surface area contributed by atoms with Crippen LogP contribution in [0.15, 0.2) is 90.0 Å². The molecule has 0 saturated heterocycles. The van der Waals surface area contributed by atoms with Crippen molar-refractivity contribution in [3.63, 3.8) is 0 Å². The van der Waals surface area contributed by atoms with E-state index in [1.165, 1.54) is 17.7 Å². The highest BCUT2D eigenvalue weighted by atomic mass is 16.6. The van der Waals surface area contributed by atoms with Gasteiger partial charge in [-0.1, -0.05) is 60.2 Å². The molecule has 4 aromatic rings. The first-order chi connectivity index (χ1) is 15.1.